The minimum atomic E-state index is -1.30. The van der Waals surface area contributed by atoms with Crippen LogP contribution in [-0.2, 0) is 0 Å². The molecule has 3 N–H and O–H groups in total. The predicted octanol–water partition coefficient (Wildman–Crippen LogP) is 2.02. The van der Waals surface area contributed by atoms with Gasteiger partial charge in [0.1, 0.15) is 0 Å². The number of quaternary nitrogens is 1. The van der Waals surface area contributed by atoms with Gasteiger partial charge in [-0.25, -0.2) is 0 Å². The van der Waals surface area contributed by atoms with Crippen LogP contribution in [-0.4, -0.2) is 9.55 Å². The van der Waals surface area contributed by atoms with E-state index < -0.39 is 2.50 Å². The predicted molar refractivity (Wildman–Crippen MR) is 70.6 cm³/mol. The molecule has 0 aromatic heterocycles. The standard InChI is InChI=1S/CH5N.4HI.Sn/c1-2;;;;;/h2H2,1H3;4*1H;/q;;;;;+4/p-3. The summed E-state index contributed by atoms with van der Waals surface area (Å²) in [7, 11) is 1.75. The van der Waals surface area contributed by atoms with E-state index in [0.29, 0.717) is 0 Å². The van der Waals surface area contributed by atoms with Crippen LogP contribution in [0.15, 0.2) is 0 Å². The van der Waals surface area contributed by atoms with Gasteiger partial charge in [-0.3, -0.25) is 0 Å². The molecule has 1 nitrogen and oxygen atoms in total. The Balaban J connectivity index is 0. The SMILES string of the molecule is C[NH3+].[I][Sn]([I])([I])[I]. The molecule has 0 spiro atoms. The molecule has 0 aliphatic heterocycles. The maximum absolute atomic E-state index is 3.25. The van der Waals surface area contributed by atoms with Crippen molar-refractivity contribution in [2.24, 2.45) is 0 Å². The summed E-state index contributed by atoms with van der Waals surface area (Å²) in [4.78, 5) is 0. The van der Waals surface area contributed by atoms with E-state index in [4.69, 9.17) is 0 Å². The fourth-order valence-electron chi connectivity index (χ4n) is 0. The van der Waals surface area contributed by atoms with Gasteiger partial charge in [0, 0.05) is 0 Å². The van der Waals surface area contributed by atoms with Gasteiger partial charge in [0.05, 0.1) is 7.05 Å². The Labute approximate surface area is 87.0 Å². The number of hydrogen-bond donors (Lipinski definition) is 1. The molecule has 0 aliphatic rings. The van der Waals surface area contributed by atoms with Crippen molar-refractivity contribution in [3.63, 3.8) is 0 Å². The monoisotopic (exact) mass is 660 g/mol. The molecule has 0 aromatic rings. The number of hydrogen-bond acceptors (Lipinski definition) is 0. The average molecular weight is 658 g/mol. The van der Waals surface area contributed by atoms with Crippen LogP contribution in [0.2, 0.25) is 0 Å². The molecule has 0 rings (SSSR count). The molecule has 0 heterocycles. The first-order chi connectivity index (χ1) is 3.00. The van der Waals surface area contributed by atoms with E-state index in [2.05, 4.69) is 80.3 Å². The fourth-order valence-corrected chi connectivity index (χ4v) is 0. The van der Waals surface area contributed by atoms with Gasteiger partial charge >= 0.3 is 77.0 Å². The van der Waals surface area contributed by atoms with Crippen LogP contribution in [0.4, 0.5) is 0 Å². The first-order valence-electron chi connectivity index (χ1n) is 1.46. The van der Waals surface area contributed by atoms with E-state index in [9.17, 15) is 0 Å². The number of rotatable bonds is 0. The van der Waals surface area contributed by atoms with Crippen molar-refractivity contribution in [1.82, 2.24) is 0 Å². The topological polar surface area (TPSA) is 27.6 Å². The molecule has 0 unspecified atom stereocenters. The van der Waals surface area contributed by atoms with E-state index >= 15 is 0 Å². The van der Waals surface area contributed by atoms with E-state index in [-0.39, 0.29) is 0 Å². The van der Waals surface area contributed by atoms with Crippen molar-refractivity contribution in [1.29, 1.82) is 0 Å². The van der Waals surface area contributed by atoms with Crippen molar-refractivity contribution < 1.29 is 5.73 Å². The Kier molecular flexibility index (Phi) is 14.8. The second-order valence-corrected chi connectivity index (χ2v) is 129. The first kappa shape index (κ1) is 13.3. The average Bonchev–Trinajstić information content (AvgIpc) is 1.36. The Morgan fingerprint density at radius 3 is 1.00 bits per heavy atom. The van der Waals surface area contributed by atoms with Crippen LogP contribution >= 0.6 is 74.5 Å². The molecule has 0 saturated heterocycles. The molecule has 0 aliphatic carbocycles. The summed E-state index contributed by atoms with van der Waals surface area (Å²) < 4.78 is -1.30. The summed E-state index contributed by atoms with van der Waals surface area (Å²) in [6.07, 6.45) is 0. The first-order valence-corrected chi connectivity index (χ1v) is 34.7. The van der Waals surface area contributed by atoms with Crippen molar-refractivity contribution in [3.05, 3.63) is 0 Å². The summed E-state index contributed by atoms with van der Waals surface area (Å²) in [5.41, 5.74) is 3.25. The van der Waals surface area contributed by atoms with Crippen LogP contribution in [0.1, 0.15) is 0 Å². The van der Waals surface area contributed by atoms with Gasteiger partial charge in [-0.2, -0.15) is 0 Å². The van der Waals surface area contributed by atoms with Gasteiger partial charge in [-0.05, 0) is 0 Å². The van der Waals surface area contributed by atoms with Crippen molar-refractivity contribution in [2.75, 3.05) is 7.05 Å². The molecular formula is CH6I4NSn+. The van der Waals surface area contributed by atoms with Crippen LogP contribution in [0.3, 0.4) is 0 Å². The quantitative estimate of drug-likeness (QED) is 0.305. The van der Waals surface area contributed by atoms with Gasteiger partial charge in [-0.1, -0.05) is 0 Å². The molecule has 0 saturated carbocycles. The molecule has 7 heavy (non-hydrogen) atoms. The summed E-state index contributed by atoms with van der Waals surface area (Å²) in [5.74, 6) is 0. The zero-order valence-corrected chi connectivity index (χ0v) is 15.2. The van der Waals surface area contributed by atoms with Gasteiger partial charge in [0.25, 0.3) is 0 Å². The fraction of sp³-hybridized carbons (Fsp3) is 1.00. The van der Waals surface area contributed by atoms with Crippen LogP contribution < -0.4 is 5.73 Å². The van der Waals surface area contributed by atoms with Crippen LogP contribution in [0, 0.1) is 0 Å². The minimum absolute atomic E-state index is 1.30. The van der Waals surface area contributed by atoms with E-state index in [1.54, 1.807) is 7.05 Å². The third kappa shape index (κ3) is 42.2. The van der Waals surface area contributed by atoms with Crippen LogP contribution in [0.5, 0.6) is 0 Å². The third-order valence-corrected chi connectivity index (χ3v) is 0. The van der Waals surface area contributed by atoms with Gasteiger partial charge in [0.15, 0.2) is 0 Å². The van der Waals surface area contributed by atoms with Crippen molar-refractivity contribution in [3.8, 4) is 0 Å². The second kappa shape index (κ2) is 7.78. The molecule has 0 fully saturated rings. The summed E-state index contributed by atoms with van der Waals surface area (Å²) in [5, 5.41) is 0. The summed E-state index contributed by atoms with van der Waals surface area (Å²) >= 11 is 10.2. The van der Waals surface area contributed by atoms with Crippen molar-refractivity contribution >= 4 is 77.0 Å². The molecule has 0 atom stereocenters. The molecular weight excluding hydrogens is 652 g/mol. The molecule has 46 valence electrons. The summed E-state index contributed by atoms with van der Waals surface area (Å²) in [6, 6.07) is 0. The molecule has 0 aromatic carbocycles. The Morgan fingerprint density at radius 1 is 1.00 bits per heavy atom. The van der Waals surface area contributed by atoms with E-state index in [0.717, 1.165) is 0 Å². The van der Waals surface area contributed by atoms with E-state index in [1.165, 1.54) is 0 Å². The Morgan fingerprint density at radius 2 is 1.00 bits per heavy atom. The van der Waals surface area contributed by atoms with E-state index in [1.807, 2.05) is 0 Å². The van der Waals surface area contributed by atoms with Crippen molar-refractivity contribution in [2.45, 2.75) is 0 Å². The third-order valence-electron chi connectivity index (χ3n) is 0. The molecule has 0 radical (unpaired) electrons. The maximum atomic E-state index is 3.25. The summed E-state index contributed by atoms with van der Waals surface area (Å²) in [6.45, 7) is 0. The second-order valence-electron chi connectivity index (χ2n) is 0.429. The van der Waals surface area contributed by atoms with Gasteiger partial charge in [0.2, 0.25) is 0 Å². The Hall–Kier alpha value is 3.68. The Bertz CT molecular complexity index is 27.2. The van der Waals surface area contributed by atoms with Gasteiger partial charge in [-0.15, -0.1) is 0 Å². The molecule has 0 bridgehead atoms. The molecule has 6 heteroatoms. The normalized spacial score (nSPS) is 9.43. The van der Waals surface area contributed by atoms with Gasteiger partial charge < -0.3 is 5.73 Å². The zero-order chi connectivity index (χ0) is 6.50. The number of halogens is 4. The molecule has 0 amide bonds. The van der Waals surface area contributed by atoms with Crippen LogP contribution in [0.25, 0.3) is 0 Å². The zero-order valence-electron chi connectivity index (χ0n) is 3.72.